The standard InChI is InChI=1S/C14H19N3O4/c1-4-7-16(8-9-18)14(19)12-10-11(17(20)21)5-6-13(12)15(2)3/h4-6,10,18H,1,7-9H2,2-3H3. The van der Waals surface area contributed by atoms with Crippen molar-refractivity contribution in [1.82, 2.24) is 4.90 Å². The number of nitrogens with zero attached hydrogens (tertiary/aromatic N) is 3. The van der Waals surface area contributed by atoms with Crippen molar-refractivity contribution in [2.24, 2.45) is 0 Å². The van der Waals surface area contributed by atoms with E-state index >= 15 is 0 Å². The van der Waals surface area contributed by atoms with Crippen LogP contribution in [0.4, 0.5) is 11.4 Å². The van der Waals surface area contributed by atoms with E-state index < -0.39 is 4.92 Å². The van der Waals surface area contributed by atoms with Gasteiger partial charge in [0.05, 0.1) is 17.1 Å². The van der Waals surface area contributed by atoms with Crippen LogP contribution in [0.15, 0.2) is 30.9 Å². The van der Waals surface area contributed by atoms with Crippen molar-refractivity contribution in [2.45, 2.75) is 0 Å². The van der Waals surface area contributed by atoms with E-state index in [0.29, 0.717) is 5.69 Å². The minimum atomic E-state index is -0.542. The average molecular weight is 293 g/mol. The number of hydrogen-bond donors (Lipinski definition) is 1. The normalized spacial score (nSPS) is 10.0. The molecule has 0 aliphatic heterocycles. The molecule has 0 saturated heterocycles. The molecule has 0 fully saturated rings. The summed E-state index contributed by atoms with van der Waals surface area (Å²) >= 11 is 0. The molecule has 0 aliphatic carbocycles. The van der Waals surface area contributed by atoms with Crippen molar-refractivity contribution in [3.63, 3.8) is 0 Å². The second-order valence-electron chi connectivity index (χ2n) is 4.62. The molecule has 7 nitrogen and oxygen atoms in total. The van der Waals surface area contributed by atoms with E-state index in [1.165, 1.54) is 23.1 Å². The largest absolute Gasteiger partial charge is 0.395 e. The Morgan fingerprint density at radius 3 is 2.62 bits per heavy atom. The summed E-state index contributed by atoms with van der Waals surface area (Å²) in [6.07, 6.45) is 1.54. The van der Waals surface area contributed by atoms with Gasteiger partial charge in [0.25, 0.3) is 11.6 Å². The highest BCUT2D eigenvalue weighted by Crippen LogP contribution is 2.25. The second kappa shape index (κ2) is 7.39. The number of benzene rings is 1. The Kier molecular flexibility index (Phi) is 5.86. The van der Waals surface area contributed by atoms with Crippen LogP contribution in [0, 0.1) is 10.1 Å². The summed E-state index contributed by atoms with van der Waals surface area (Å²) in [5.41, 5.74) is 0.661. The van der Waals surface area contributed by atoms with Crippen molar-refractivity contribution < 1.29 is 14.8 Å². The monoisotopic (exact) mass is 293 g/mol. The van der Waals surface area contributed by atoms with Gasteiger partial charge in [-0.2, -0.15) is 0 Å². The molecule has 0 radical (unpaired) electrons. The number of aliphatic hydroxyl groups is 1. The topological polar surface area (TPSA) is 86.9 Å². The molecule has 0 bridgehead atoms. The average Bonchev–Trinajstić information content (AvgIpc) is 2.45. The third-order valence-electron chi connectivity index (χ3n) is 2.91. The second-order valence-corrected chi connectivity index (χ2v) is 4.62. The molecule has 1 amide bonds. The number of rotatable bonds is 7. The predicted molar refractivity (Wildman–Crippen MR) is 80.6 cm³/mol. The SMILES string of the molecule is C=CCN(CCO)C(=O)c1cc([N+](=O)[O-])ccc1N(C)C. The maximum Gasteiger partial charge on any atom is 0.270 e. The Morgan fingerprint density at radius 2 is 2.14 bits per heavy atom. The molecule has 1 rings (SSSR count). The van der Waals surface area contributed by atoms with Crippen LogP contribution in [0.3, 0.4) is 0 Å². The van der Waals surface area contributed by atoms with Crippen molar-refractivity contribution in [3.8, 4) is 0 Å². The lowest BCUT2D eigenvalue weighted by Gasteiger charge is -2.23. The van der Waals surface area contributed by atoms with Gasteiger partial charge in [-0.05, 0) is 6.07 Å². The fraction of sp³-hybridized carbons (Fsp3) is 0.357. The number of anilines is 1. The molecule has 7 heteroatoms. The van der Waals surface area contributed by atoms with Gasteiger partial charge in [-0.25, -0.2) is 0 Å². The van der Waals surface area contributed by atoms with Crippen LogP contribution in [0.25, 0.3) is 0 Å². The number of hydrogen-bond acceptors (Lipinski definition) is 5. The van der Waals surface area contributed by atoms with Crippen LogP contribution in [0.2, 0.25) is 0 Å². The first kappa shape index (κ1) is 16.6. The van der Waals surface area contributed by atoms with Crippen molar-refractivity contribution >= 4 is 17.3 Å². The van der Waals surface area contributed by atoms with Gasteiger partial charge < -0.3 is 14.9 Å². The van der Waals surface area contributed by atoms with Gasteiger partial charge in [0.15, 0.2) is 0 Å². The minimum Gasteiger partial charge on any atom is -0.395 e. The third-order valence-corrected chi connectivity index (χ3v) is 2.91. The molecule has 0 aromatic heterocycles. The Bertz CT molecular complexity index is 543. The van der Waals surface area contributed by atoms with E-state index in [2.05, 4.69) is 6.58 Å². The Balaban J connectivity index is 3.28. The van der Waals surface area contributed by atoms with E-state index in [4.69, 9.17) is 5.11 Å². The zero-order chi connectivity index (χ0) is 16.0. The van der Waals surface area contributed by atoms with E-state index in [9.17, 15) is 14.9 Å². The fourth-order valence-electron chi connectivity index (χ4n) is 1.92. The van der Waals surface area contributed by atoms with Crippen LogP contribution in [0.5, 0.6) is 0 Å². The maximum atomic E-state index is 12.5. The summed E-state index contributed by atoms with van der Waals surface area (Å²) < 4.78 is 0. The first-order valence-corrected chi connectivity index (χ1v) is 6.39. The number of carbonyl (C=O) groups is 1. The zero-order valence-corrected chi connectivity index (χ0v) is 12.2. The molecule has 114 valence electrons. The number of nitro groups is 1. The van der Waals surface area contributed by atoms with Crippen LogP contribution in [0.1, 0.15) is 10.4 Å². The van der Waals surface area contributed by atoms with Gasteiger partial charge in [-0.15, -0.1) is 6.58 Å². The molecule has 0 atom stereocenters. The Morgan fingerprint density at radius 1 is 1.48 bits per heavy atom. The molecule has 1 aromatic rings. The molecule has 1 N–H and O–H groups in total. The van der Waals surface area contributed by atoms with Gasteiger partial charge >= 0.3 is 0 Å². The van der Waals surface area contributed by atoms with Crippen LogP contribution in [-0.4, -0.2) is 54.6 Å². The number of nitro benzene ring substituents is 1. The lowest BCUT2D eigenvalue weighted by Crippen LogP contribution is -2.34. The van der Waals surface area contributed by atoms with Crippen molar-refractivity contribution in [3.05, 3.63) is 46.5 Å². The highest BCUT2D eigenvalue weighted by molar-refractivity contribution is 6.00. The van der Waals surface area contributed by atoms with Gasteiger partial charge in [0.1, 0.15) is 0 Å². The molecular weight excluding hydrogens is 274 g/mol. The van der Waals surface area contributed by atoms with Crippen LogP contribution in [-0.2, 0) is 0 Å². The van der Waals surface area contributed by atoms with E-state index in [-0.39, 0.29) is 36.9 Å². The molecule has 1 aromatic carbocycles. The van der Waals surface area contributed by atoms with Gasteiger partial charge in [0, 0.05) is 45.0 Å². The Hall–Kier alpha value is -2.41. The van der Waals surface area contributed by atoms with E-state index in [0.717, 1.165) is 0 Å². The van der Waals surface area contributed by atoms with Crippen molar-refractivity contribution in [1.29, 1.82) is 0 Å². The fourth-order valence-corrected chi connectivity index (χ4v) is 1.92. The smallest absolute Gasteiger partial charge is 0.270 e. The quantitative estimate of drug-likeness (QED) is 0.465. The minimum absolute atomic E-state index is 0.139. The third kappa shape index (κ3) is 4.03. The van der Waals surface area contributed by atoms with Gasteiger partial charge in [-0.1, -0.05) is 6.08 Å². The number of non-ortho nitro benzene ring substituents is 1. The summed E-state index contributed by atoms with van der Waals surface area (Å²) in [4.78, 5) is 26.0. The molecule has 0 unspecified atom stereocenters. The highest BCUT2D eigenvalue weighted by atomic mass is 16.6. The first-order valence-electron chi connectivity index (χ1n) is 6.39. The van der Waals surface area contributed by atoms with Crippen LogP contribution < -0.4 is 4.90 Å². The summed E-state index contributed by atoms with van der Waals surface area (Å²) in [7, 11) is 3.50. The summed E-state index contributed by atoms with van der Waals surface area (Å²) in [5, 5.41) is 19.9. The first-order chi connectivity index (χ1) is 9.92. The Labute approximate surface area is 123 Å². The molecule has 0 heterocycles. The van der Waals surface area contributed by atoms with E-state index in [1.807, 2.05) is 0 Å². The van der Waals surface area contributed by atoms with Crippen molar-refractivity contribution in [2.75, 3.05) is 38.7 Å². The zero-order valence-electron chi connectivity index (χ0n) is 12.2. The summed E-state index contributed by atoms with van der Waals surface area (Å²) in [6.45, 7) is 3.78. The molecule has 0 aliphatic rings. The molecular formula is C14H19N3O4. The number of amides is 1. The van der Waals surface area contributed by atoms with Gasteiger partial charge in [-0.3, -0.25) is 14.9 Å². The number of carbonyl (C=O) groups excluding carboxylic acids is 1. The lowest BCUT2D eigenvalue weighted by atomic mass is 10.1. The van der Waals surface area contributed by atoms with Gasteiger partial charge in [0.2, 0.25) is 0 Å². The highest BCUT2D eigenvalue weighted by Gasteiger charge is 2.21. The van der Waals surface area contributed by atoms with Crippen LogP contribution >= 0.6 is 0 Å². The maximum absolute atomic E-state index is 12.5. The predicted octanol–water partition coefficient (Wildman–Crippen LogP) is 1.28. The summed E-state index contributed by atoms with van der Waals surface area (Å²) in [6, 6.07) is 4.15. The van der Waals surface area contributed by atoms with E-state index in [1.54, 1.807) is 25.1 Å². The molecule has 0 spiro atoms. The summed E-state index contributed by atoms with van der Waals surface area (Å²) in [5.74, 6) is -0.378. The lowest BCUT2D eigenvalue weighted by molar-refractivity contribution is -0.384. The molecule has 21 heavy (non-hydrogen) atoms. The molecule has 0 saturated carbocycles. The number of aliphatic hydroxyl groups excluding tert-OH is 1.